The molecule has 0 bridgehead atoms. The summed E-state index contributed by atoms with van der Waals surface area (Å²) in [5.74, 6) is 0.205. The summed E-state index contributed by atoms with van der Waals surface area (Å²) in [5, 5.41) is 9.19. The van der Waals surface area contributed by atoms with Gasteiger partial charge in [-0.2, -0.15) is 0 Å². The lowest BCUT2D eigenvalue weighted by atomic mass is 10.1. The zero-order chi connectivity index (χ0) is 14.9. The van der Waals surface area contributed by atoms with Crippen molar-refractivity contribution >= 4 is 5.91 Å². The van der Waals surface area contributed by atoms with Crippen LogP contribution in [0, 0.1) is 0 Å². The van der Waals surface area contributed by atoms with Gasteiger partial charge in [0.25, 0.3) is 0 Å². The second-order valence-corrected chi connectivity index (χ2v) is 5.68. The van der Waals surface area contributed by atoms with Gasteiger partial charge in [-0.15, -0.1) is 0 Å². The highest BCUT2D eigenvalue weighted by Gasteiger charge is 2.18. The summed E-state index contributed by atoms with van der Waals surface area (Å²) in [4.78, 5) is 16.3. The number of likely N-dealkylation sites (tertiary alicyclic amines) is 1. The number of aliphatic hydroxyl groups excluding tert-OH is 1. The lowest BCUT2D eigenvalue weighted by Crippen LogP contribution is -2.44. The summed E-state index contributed by atoms with van der Waals surface area (Å²) in [6.45, 7) is 3.68. The number of hydrogen-bond donors (Lipinski definition) is 1. The Morgan fingerprint density at radius 3 is 2.48 bits per heavy atom. The fourth-order valence-corrected chi connectivity index (χ4v) is 2.78. The van der Waals surface area contributed by atoms with E-state index >= 15 is 0 Å². The minimum Gasteiger partial charge on any atom is -0.395 e. The van der Waals surface area contributed by atoms with Crippen LogP contribution >= 0.6 is 0 Å². The van der Waals surface area contributed by atoms with Gasteiger partial charge in [0.2, 0.25) is 5.91 Å². The number of amides is 1. The van der Waals surface area contributed by atoms with Gasteiger partial charge in [0, 0.05) is 26.2 Å². The van der Waals surface area contributed by atoms with Crippen molar-refractivity contribution in [2.24, 2.45) is 0 Å². The third-order valence-corrected chi connectivity index (χ3v) is 4.04. The lowest BCUT2D eigenvalue weighted by Gasteiger charge is -2.29. The minimum absolute atomic E-state index is 0.0993. The van der Waals surface area contributed by atoms with Crippen molar-refractivity contribution in [1.82, 2.24) is 9.80 Å². The van der Waals surface area contributed by atoms with E-state index < -0.39 is 0 Å². The molecule has 4 nitrogen and oxygen atoms in total. The molecule has 2 rings (SSSR count). The van der Waals surface area contributed by atoms with Crippen LogP contribution in [0.25, 0.3) is 0 Å². The van der Waals surface area contributed by atoms with Gasteiger partial charge >= 0.3 is 0 Å². The molecule has 21 heavy (non-hydrogen) atoms. The first-order valence-electron chi connectivity index (χ1n) is 7.94. The molecule has 1 aliphatic rings. The summed E-state index contributed by atoms with van der Waals surface area (Å²) in [7, 11) is 0. The third kappa shape index (κ3) is 5.48. The Kier molecular flexibility index (Phi) is 6.70. The molecule has 1 N–H and O–H groups in total. The maximum Gasteiger partial charge on any atom is 0.236 e. The molecule has 0 aliphatic carbocycles. The van der Waals surface area contributed by atoms with Crippen molar-refractivity contribution in [2.75, 3.05) is 39.3 Å². The van der Waals surface area contributed by atoms with Crippen LogP contribution in [0.15, 0.2) is 30.3 Å². The molecule has 4 heteroatoms. The van der Waals surface area contributed by atoms with E-state index in [4.69, 9.17) is 0 Å². The fraction of sp³-hybridized carbons (Fsp3) is 0.588. The Labute approximate surface area is 127 Å². The van der Waals surface area contributed by atoms with E-state index in [1.54, 1.807) is 0 Å². The molecule has 1 aromatic carbocycles. The molecular formula is C17H26N2O2. The molecule has 0 radical (unpaired) electrons. The molecule has 116 valence electrons. The van der Waals surface area contributed by atoms with Crippen LogP contribution in [0.4, 0.5) is 0 Å². The second kappa shape index (κ2) is 8.80. The molecule has 1 aromatic rings. The standard InChI is InChI=1S/C17H26N2O2/c20-14-13-18(12-9-16-7-3-1-4-8-16)15-17(21)19-10-5-2-6-11-19/h1,3-4,7-8,20H,2,5-6,9-15H2. The summed E-state index contributed by atoms with van der Waals surface area (Å²) >= 11 is 0. The van der Waals surface area contributed by atoms with Crippen LogP contribution in [0.5, 0.6) is 0 Å². The zero-order valence-corrected chi connectivity index (χ0v) is 12.7. The number of rotatable bonds is 7. The number of carbonyl (C=O) groups is 1. The molecule has 0 saturated carbocycles. The van der Waals surface area contributed by atoms with Gasteiger partial charge in [-0.1, -0.05) is 30.3 Å². The molecule has 0 atom stereocenters. The maximum absolute atomic E-state index is 12.3. The Morgan fingerprint density at radius 1 is 1.10 bits per heavy atom. The quantitative estimate of drug-likeness (QED) is 0.828. The predicted molar refractivity (Wildman–Crippen MR) is 84.1 cm³/mol. The molecule has 0 spiro atoms. The average Bonchev–Trinajstić information content (AvgIpc) is 2.54. The number of hydrogen-bond acceptors (Lipinski definition) is 3. The lowest BCUT2D eigenvalue weighted by molar-refractivity contribution is -0.133. The van der Waals surface area contributed by atoms with E-state index in [1.165, 1.54) is 12.0 Å². The van der Waals surface area contributed by atoms with Crippen molar-refractivity contribution in [3.63, 3.8) is 0 Å². The van der Waals surface area contributed by atoms with Crippen LogP contribution in [-0.2, 0) is 11.2 Å². The first-order chi connectivity index (χ1) is 10.3. The van der Waals surface area contributed by atoms with E-state index in [0.29, 0.717) is 13.1 Å². The Bertz CT molecular complexity index is 416. The molecule has 1 amide bonds. The largest absolute Gasteiger partial charge is 0.395 e. The van der Waals surface area contributed by atoms with Crippen molar-refractivity contribution < 1.29 is 9.90 Å². The number of piperidine rings is 1. The molecule has 1 aliphatic heterocycles. The fourth-order valence-electron chi connectivity index (χ4n) is 2.78. The topological polar surface area (TPSA) is 43.8 Å². The summed E-state index contributed by atoms with van der Waals surface area (Å²) in [5.41, 5.74) is 1.27. The first-order valence-corrected chi connectivity index (χ1v) is 7.94. The maximum atomic E-state index is 12.3. The summed E-state index contributed by atoms with van der Waals surface area (Å²) in [6, 6.07) is 10.3. The van der Waals surface area contributed by atoms with E-state index in [9.17, 15) is 9.90 Å². The molecule has 0 aromatic heterocycles. The highest BCUT2D eigenvalue weighted by atomic mass is 16.3. The number of carbonyl (C=O) groups excluding carboxylic acids is 1. The van der Waals surface area contributed by atoms with Gasteiger partial charge in [0.05, 0.1) is 13.2 Å². The number of nitrogens with zero attached hydrogens (tertiary/aromatic N) is 2. The van der Waals surface area contributed by atoms with Crippen LogP contribution in [0.1, 0.15) is 24.8 Å². The van der Waals surface area contributed by atoms with Gasteiger partial charge in [0.15, 0.2) is 0 Å². The predicted octanol–water partition coefficient (Wildman–Crippen LogP) is 1.54. The molecule has 1 saturated heterocycles. The monoisotopic (exact) mass is 290 g/mol. The van der Waals surface area contributed by atoms with E-state index in [1.807, 2.05) is 23.1 Å². The van der Waals surface area contributed by atoms with Gasteiger partial charge in [0.1, 0.15) is 0 Å². The molecule has 1 heterocycles. The van der Waals surface area contributed by atoms with E-state index in [0.717, 1.165) is 38.9 Å². The molecule has 0 unspecified atom stereocenters. The summed E-state index contributed by atoms with van der Waals surface area (Å²) < 4.78 is 0. The van der Waals surface area contributed by atoms with E-state index in [-0.39, 0.29) is 12.5 Å². The number of aliphatic hydroxyl groups is 1. The Balaban J connectivity index is 1.81. The van der Waals surface area contributed by atoms with Gasteiger partial charge < -0.3 is 10.0 Å². The van der Waals surface area contributed by atoms with Gasteiger partial charge in [-0.25, -0.2) is 0 Å². The molecular weight excluding hydrogens is 264 g/mol. The van der Waals surface area contributed by atoms with E-state index in [2.05, 4.69) is 17.0 Å². The van der Waals surface area contributed by atoms with Gasteiger partial charge in [-0.05, 0) is 31.2 Å². The van der Waals surface area contributed by atoms with Crippen LogP contribution in [0.2, 0.25) is 0 Å². The van der Waals surface area contributed by atoms with Crippen molar-refractivity contribution in [3.8, 4) is 0 Å². The van der Waals surface area contributed by atoms with Crippen molar-refractivity contribution in [2.45, 2.75) is 25.7 Å². The van der Waals surface area contributed by atoms with Crippen molar-refractivity contribution in [1.29, 1.82) is 0 Å². The minimum atomic E-state index is 0.0993. The normalized spacial score (nSPS) is 15.4. The van der Waals surface area contributed by atoms with Gasteiger partial charge in [-0.3, -0.25) is 9.69 Å². The Hall–Kier alpha value is -1.39. The first kappa shape index (κ1) is 16.0. The highest BCUT2D eigenvalue weighted by Crippen LogP contribution is 2.09. The average molecular weight is 290 g/mol. The third-order valence-electron chi connectivity index (χ3n) is 4.04. The highest BCUT2D eigenvalue weighted by molar-refractivity contribution is 5.78. The zero-order valence-electron chi connectivity index (χ0n) is 12.7. The summed E-state index contributed by atoms with van der Waals surface area (Å²) in [6.07, 6.45) is 4.39. The Morgan fingerprint density at radius 2 is 1.81 bits per heavy atom. The van der Waals surface area contributed by atoms with Crippen molar-refractivity contribution in [3.05, 3.63) is 35.9 Å². The number of benzene rings is 1. The van der Waals surface area contributed by atoms with Crippen LogP contribution in [-0.4, -0.2) is 60.1 Å². The van der Waals surface area contributed by atoms with Crippen LogP contribution in [0.3, 0.4) is 0 Å². The van der Waals surface area contributed by atoms with Crippen LogP contribution < -0.4 is 0 Å². The second-order valence-electron chi connectivity index (χ2n) is 5.68. The molecule has 1 fully saturated rings. The SMILES string of the molecule is O=C(CN(CCO)CCc1ccccc1)N1CCCCC1. The smallest absolute Gasteiger partial charge is 0.236 e.